The van der Waals surface area contributed by atoms with Crippen LogP contribution in [0.4, 0.5) is 4.79 Å². The fraction of sp³-hybridized carbons (Fsp3) is 0.619. The Hall–Kier alpha value is -2.08. The summed E-state index contributed by atoms with van der Waals surface area (Å²) >= 11 is 0. The van der Waals surface area contributed by atoms with Gasteiger partial charge in [0.2, 0.25) is 5.91 Å². The highest BCUT2D eigenvalue weighted by Crippen LogP contribution is 2.41. The molecule has 0 radical (unpaired) electrons. The Bertz CT molecular complexity index is 647. The second-order valence-electron chi connectivity index (χ2n) is 8.03. The molecule has 146 valence electrons. The zero-order valence-corrected chi connectivity index (χ0v) is 16.0. The van der Waals surface area contributed by atoms with Gasteiger partial charge in [0.1, 0.15) is 0 Å². The summed E-state index contributed by atoms with van der Waals surface area (Å²) in [6.07, 6.45) is 4.63. The van der Waals surface area contributed by atoms with Gasteiger partial charge in [-0.05, 0) is 37.2 Å². The van der Waals surface area contributed by atoms with Crippen molar-refractivity contribution in [3.05, 3.63) is 35.9 Å². The molecule has 2 heterocycles. The van der Waals surface area contributed by atoms with E-state index in [2.05, 4.69) is 22.3 Å². The highest BCUT2D eigenvalue weighted by Gasteiger charge is 2.34. The standard InChI is InChI=1S/C21H30N4O2/c26-19(24-10-4-5-11-24)16-23-12-14-25(15-13-23)21(27)22-20(18-8-9-18)17-6-2-1-3-7-17/h1-3,6-7,18,20H,4-5,8-16H2,(H,22,27)/t20-/m1/s1. The first-order chi connectivity index (χ1) is 13.2. The van der Waals surface area contributed by atoms with Gasteiger partial charge in [-0.1, -0.05) is 30.3 Å². The molecular formula is C21H30N4O2. The van der Waals surface area contributed by atoms with Crippen molar-refractivity contribution in [2.24, 2.45) is 5.92 Å². The molecule has 1 aromatic rings. The van der Waals surface area contributed by atoms with Gasteiger partial charge in [-0.15, -0.1) is 0 Å². The van der Waals surface area contributed by atoms with Crippen molar-refractivity contribution in [2.45, 2.75) is 31.7 Å². The summed E-state index contributed by atoms with van der Waals surface area (Å²) in [6, 6.07) is 10.4. The Morgan fingerprint density at radius 3 is 2.22 bits per heavy atom. The average Bonchev–Trinajstić information content (AvgIpc) is 3.39. The smallest absolute Gasteiger partial charge is 0.317 e. The van der Waals surface area contributed by atoms with Crippen LogP contribution in [0.5, 0.6) is 0 Å². The van der Waals surface area contributed by atoms with Crippen molar-refractivity contribution < 1.29 is 9.59 Å². The molecule has 1 aromatic carbocycles. The van der Waals surface area contributed by atoms with Crippen LogP contribution in [-0.2, 0) is 4.79 Å². The van der Waals surface area contributed by atoms with Crippen LogP contribution in [0.1, 0.15) is 37.3 Å². The van der Waals surface area contributed by atoms with Crippen LogP contribution in [0.15, 0.2) is 30.3 Å². The van der Waals surface area contributed by atoms with Gasteiger partial charge in [0.15, 0.2) is 0 Å². The molecule has 1 saturated carbocycles. The maximum Gasteiger partial charge on any atom is 0.317 e. The van der Waals surface area contributed by atoms with Gasteiger partial charge < -0.3 is 15.1 Å². The minimum absolute atomic E-state index is 0.0290. The first kappa shape index (κ1) is 18.3. The molecule has 3 amide bonds. The number of likely N-dealkylation sites (tertiary alicyclic amines) is 1. The number of rotatable bonds is 5. The van der Waals surface area contributed by atoms with Gasteiger partial charge in [-0.2, -0.15) is 0 Å². The molecule has 3 aliphatic rings. The molecule has 27 heavy (non-hydrogen) atoms. The van der Waals surface area contributed by atoms with Crippen LogP contribution in [0.25, 0.3) is 0 Å². The number of hydrogen-bond donors (Lipinski definition) is 1. The van der Waals surface area contributed by atoms with Crippen molar-refractivity contribution in [1.82, 2.24) is 20.0 Å². The summed E-state index contributed by atoms with van der Waals surface area (Å²) in [7, 11) is 0. The van der Waals surface area contributed by atoms with Crippen molar-refractivity contribution in [3.8, 4) is 0 Å². The Labute approximate surface area is 161 Å². The molecule has 0 aromatic heterocycles. The molecule has 4 rings (SSSR count). The van der Waals surface area contributed by atoms with E-state index >= 15 is 0 Å². The summed E-state index contributed by atoms with van der Waals surface area (Å²) in [5.41, 5.74) is 1.20. The van der Waals surface area contributed by atoms with Crippen molar-refractivity contribution in [2.75, 3.05) is 45.8 Å². The number of hydrogen-bond acceptors (Lipinski definition) is 3. The van der Waals surface area contributed by atoms with Crippen LogP contribution in [0, 0.1) is 5.92 Å². The molecule has 1 N–H and O–H groups in total. The fourth-order valence-electron chi connectivity index (χ4n) is 4.15. The third-order valence-corrected chi connectivity index (χ3v) is 6.01. The Morgan fingerprint density at radius 1 is 0.926 bits per heavy atom. The molecule has 0 spiro atoms. The fourth-order valence-corrected chi connectivity index (χ4v) is 4.15. The SMILES string of the molecule is O=C(CN1CCN(C(=O)N[C@H](c2ccccc2)C2CC2)CC1)N1CCCC1. The largest absolute Gasteiger partial charge is 0.342 e. The first-order valence-electron chi connectivity index (χ1n) is 10.3. The van der Waals surface area contributed by atoms with Gasteiger partial charge in [-0.3, -0.25) is 9.69 Å². The van der Waals surface area contributed by atoms with E-state index in [4.69, 9.17) is 0 Å². The molecule has 2 aliphatic heterocycles. The lowest BCUT2D eigenvalue weighted by Crippen LogP contribution is -2.54. The van der Waals surface area contributed by atoms with Gasteiger partial charge in [0, 0.05) is 39.3 Å². The number of nitrogens with one attached hydrogen (secondary N) is 1. The van der Waals surface area contributed by atoms with Gasteiger partial charge in [0.05, 0.1) is 12.6 Å². The predicted octanol–water partition coefficient (Wildman–Crippen LogP) is 2.09. The summed E-state index contributed by atoms with van der Waals surface area (Å²) in [5, 5.41) is 3.26. The zero-order valence-electron chi connectivity index (χ0n) is 16.0. The van der Waals surface area contributed by atoms with Gasteiger partial charge >= 0.3 is 6.03 Å². The zero-order chi connectivity index (χ0) is 18.6. The summed E-state index contributed by atoms with van der Waals surface area (Å²) in [4.78, 5) is 31.1. The molecule has 6 nitrogen and oxygen atoms in total. The highest BCUT2D eigenvalue weighted by molar-refractivity contribution is 5.78. The number of amides is 3. The number of piperazine rings is 1. The van der Waals surface area contributed by atoms with Gasteiger partial charge in [0.25, 0.3) is 0 Å². The maximum atomic E-state index is 12.8. The molecular weight excluding hydrogens is 340 g/mol. The van der Waals surface area contributed by atoms with Crippen molar-refractivity contribution in [3.63, 3.8) is 0 Å². The Morgan fingerprint density at radius 2 is 1.59 bits per heavy atom. The quantitative estimate of drug-likeness (QED) is 0.863. The lowest BCUT2D eigenvalue weighted by atomic mass is 10.0. The van der Waals surface area contributed by atoms with Crippen LogP contribution in [0.2, 0.25) is 0 Å². The number of carbonyl (C=O) groups excluding carboxylic acids is 2. The second kappa shape index (κ2) is 8.30. The van der Waals surface area contributed by atoms with E-state index in [-0.39, 0.29) is 18.0 Å². The number of urea groups is 1. The second-order valence-corrected chi connectivity index (χ2v) is 8.03. The van der Waals surface area contributed by atoms with Crippen molar-refractivity contribution in [1.29, 1.82) is 0 Å². The van der Waals surface area contributed by atoms with E-state index in [1.165, 1.54) is 18.4 Å². The average molecular weight is 370 g/mol. The molecule has 0 bridgehead atoms. The topological polar surface area (TPSA) is 55.9 Å². The van der Waals surface area contributed by atoms with E-state index in [9.17, 15) is 9.59 Å². The molecule has 3 fully saturated rings. The van der Waals surface area contributed by atoms with Crippen molar-refractivity contribution >= 4 is 11.9 Å². The Balaban J connectivity index is 1.26. The maximum absolute atomic E-state index is 12.8. The van der Waals surface area contributed by atoms with Crippen LogP contribution in [0.3, 0.4) is 0 Å². The normalized spacial score (nSPS) is 21.9. The molecule has 2 saturated heterocycles. The van der Waals surface area contributed by atoms with E-state index in [0.717, 1.165) is 39.0 Å². The van der Waals surface area contributed by atoms with Gasteiger partial charge in [-0.25, -0.2) is 4.79 Å². The van der Waals surface area contributed by atoms with Crippen LogP contribution < -0.4 is 5.32 Å². The summed E-state index contributed by atoms with van der Waals surface area (Å²) < 4.78 is 0. The lowest BCUT2D eigenvalue weighted by molar-refractivity contribution is -0.131. The predicted molar refractivity (Wildman–Crippen MR) is 104 cm³/mol. The number of nitrogens with zero attached hydrogens (tertiary/aromatic N) is 3. The number of benzene rings is 1. The minimum atomic E-state index is 0.0290. The molecule has 1 aliphatic carbocycles. The molecule has 6 heteroatoms. The third-order valence-electron chi connectivity index (χ3n) is 6.01. The molecule has 1 atom stereocenters. The first-order valence-corrected chi connectivity index (χ1v) is 10.3. The van der Waals surface area contributed by atoms with E-state index in [1.807, 2.05) is 28.0 Å². The monoisotopic (exact) mass is 370 g/mol. The van der Waals surface area contributed by atoms with E-state index in [0.29, 0.717) is 25.6 Å². The summed E-state index contributed by atoms with van der Waals surface area (Å²) in [5.74, 6) is 0.805. The Kier molecular flexibility index (Phi) is 5.62. The highest BCUT2D eigenvalue weighted by atomic mass is 16.2. The summed E-state index contributed by atoms with van der Waals surface area (Å²) in [6.45, 7) is 5.21. The van der Waals surface area contributed by atoms with E-state index in [1.54, 1.807) is 0 Å². The lowest BCUT2D eigenvalue weighted by Gasteiger charge is -2.35. The van der Waals surface area contributed by atoms with Crippen LogP contribution >= 0.6 is 0 Å². The molecule has 0 unspecified atom stereocenters. The third kappa shape index (κ3) is 4.61. The minimum Gasteiger partial charge on any atom is -0.342 e. The number of carbonyl (C=O) groups is 2. The van der Waals surface area contributed by atoms with Crippen LogP contribution in [-0.4, -0.2) is 72.5 Å². The van der Waals surface area contributed by atoms with E-state index < -0.39 is 0 Å².